The fraction of sp³-hybridized carbons (Fsp3) is 0.700. The van der Waals surface area contributed by atoms with Gasteiger partial charge in [-0.15, -0.1) is 0 Å². The first-order valence-electron chi connectivity index (χ1n) is 5.30. The molecule has 0 heterocycles. The average Bonchev–Trinajstić information content (AvgIpc) is 2.30. The number of alkyl carbamates (subject to hydrolysis) is 1. The van der Waals surface area contributed by atoms with Crippen LogP contribution in [0.4, 0.5) is 4.79 Å². The van der Waals surface area contributed by atoms with Crippen molar-refractivity contribution in [2.75, 3.05) is 13.2 Å². The highest BCUT2D eigenvalue weighted by Crippen LogP contribution is 2.20. The Kier molecular flexibility index (Phi) is 4.88. The molecular weight excluding hydrogens is 230 g/mol. The normalized spacial score (nSPS) is 32.9. The number of aliphatic hydroxyl groups excluding tert-OH is 4. The van der Waals surface area contributed by atoms with E-state index in [4.69, 9.17) is 5.11 Å². The van der Waals surface area contributed by atoms with Gasteiger partial charge in [0.2, 0.25) is 0 Å². The van der Waals surface area contributed by atoms with E-state index in [2.05, 4.69) is 10.1 Å². The molecule has 0 saturated heterocycles. The highest BCUT2D eigenvalue weighted by Gasteiger charge is 2.37. The van der Waals surface area contributed by atoms with Gasteiger partial charge in [-0.05, 0) is 12.5 Å². The van der Waals surface area contributed by atoms with Crippen LogP contribution >= 0.6 is 0 Å². The summed E-state index contributed by atoms with van der Waals surface area (Å²) in [4.78, 5) is 11.2. The summed E-state index contributed by atoms with van der Waals surface area (Å²) in [5, 5.41) is 39.9. The highest BCUT2D eigenvalue weighted by molar-refractivity contribution is 5.68. The molecule has 1 aliphatic carbocycles. The Morgan fingerprint density at radius 1 is 1.41 bits per heavy atom. The Hall–Kier alpha value is -1.15. The van der Waals surface area contributed by atoms with Crippen molar-refractivity contribution in [3.05, 3.63) is 11.6 Å². The lowest BCUT2D eigenvalue weighted by Gasteiger charge is -2.34. The topological polar surface area (TPSA) is 119 Å². The Labute approximate surface area is 98.3 Å². The van der Waals surface area contributed by atoms with Crippen molar-refractivity contribution < 1.29 is 30.0 Å². The number of hydrogen-bond acceptors (Lipinski definition) is 6. The molecule has 0 fully saturated rings. The van der Waals surface area contributed by atoms with Gasteiger partial charge in [-0.25, -0.2) is 4.79 Å². The van der Waals surface area contributed by atoms with Gasteiger partial charge in [0.25, 0.3) is 0 Å². The Balaban J connectivity index is 2.76. The zero-order chi connectivity index (χ0) is 13.0. The lowest BCUT2D eigenvalue weighted by Crippen LogP contribution is -2.55. The van der Waals surface area contributed by atoms with Gasteiger partial charge < -0.3 is 30.5 Å². The summed E-state index contributed by atoms with van der Waals surface area (Å²) in [6, 6.07) is -0.908. The minimum atomic E-state index is -1.46. The predicted octanol–water partition coefficient (Wildman–Crippen LogP) is -1.88. The second-order valence-corrected chi connectivity index (χ2v) is 3.72. The Bertz CT molecular complexity index is 305. The van der Waals surface area contributed by atoms with Gasteiger partial charge in [-0.3, -0.25) is 0 Å². The number of ether oxygens (including phenoxy) is 1. The number of amides is 1. The number of carbonyl (C=O) groups excluding carboxylic acids is 1. The van der Waals surface area contributed by atoms with Crippen LogP contribution in [0.5, 0.6) is 0 Å². The van der Waals surface area contributed by atoms with E-state index in [0.29, 0.717) is 0 Å². The summed E-state index contributed by atoms with van der Waals surface area (Å²) in [5.74, 6) is 0. The van der Waals surface area contributed by atoms with Crippen molar-refractivity contribution in [3.63, 3.8) is 0 Å². The Morgan fingerprint density at radius 2 is 2.06 bits per heavy atom. The molecule has 1 aliphatic rings. The molecule has 0 saturated carbocycles. The van der Waals surface area contributed by atoms with Crippen molar-refractivity contribution in [1.82, 2.24) is 5.32 Å². The molecule has 7 nitrogen and oxygen atoms in total. The van der Waals surface area contributed by atoms with E-state index in [9.17, 15) is 20.1 Å². The maximum absolute atomic E-state index is 11.2. The molecule has 0 spiro atoms. The van der Waals surface area contributed by atoms with E-state index in [-0.39, 0.29) is 12.2 Å². The summed E-state index contributed by atoms with van der Waals surface area (Å²) in [5.41, 5.74) is 0.143. The maximum atomic E-state index is 11.2. The summed E-state index contributed by atoms with van der Waals surface area (Å²) in [7, 11) is 0. The van der Waals surface area contributed by atoms with Gasteiger partial charge in [0, 0.05) is 0 Å². The molecule has 98 valence electrons. The van der Waals surface area contributed by atoms with E-state index in [1.54, 1.807) is 6.92 Å². The van der Waals surface area contributed by atoms with Crippen molar-refractivity contribution in [3.8, 4) is 0 Å². The van der Waals surface area contributed by atoms with Crippen LogP contribution in [0.15, 0.2) is 11.6 Å². The molecule has 5 N–H and O–H groups in total. The first-order valence-corrected chi connectivity index (χ1v) is 5.30. The molecule has 17 heavy (non-hydrogen) atoms. The fourth-order valence-corrected chi connectivity index (χ4v) is 1.63. The van der Waals surface area contributed by atoms with Crippen LogP contribution in [0.3, 0.4) is 0 Å². The standard InChI is InChI=1S/C10H17NO6/c1-2-17-10(16)11-6-3-5(4-12)7(13)9(15)8(6)14/h3,6-9,12-15H,2,4H2,1H3,(H,11,16)/t6-,7+,8-,9?/m0/s1. The third kappa shape index (κ3) is 3.16. The molecule has 4 atom stereocenters. The van der Waals surface area contributed by atoms with Gasteiger partial charge in [0.15, 0.2) is 0 Å². The highest BCUT2D eigenvalue weighted by atomic mass is 16.5. The molecule has 0 aromatic rings. The Morgan fingerprint density at radius 3 is 2.59 bits per heavy atom. The number of rotatable bonds is 3. The average molecular weight is 247 g/mol. The second kappa shape index (κ2) is 5.97. The van der Waals surface area contributed by atoms with Crippen molar-refractivity contribution >= 4 is 6.09 Å². The van der Waals surface area contributed by atoms with E-state index in [1.165, 1.54) is 6.08 Å². The van der Waals surface area contributed by atoms with Crippen LogP contribution in [-0.4, -0.2) is 64.1 Å². The van der Waals surface area contributed by atoms with Crippen LogP contribution in [0.25, 0.3) is 0 Å². The minimum absolute atomic E-state index is 0.143. The SMILES string of the molecule is CCOC(=O)N[C@H]1C=C(CO)[C@@H](O)C(O)[C@H]1O. The van der Waals surface area contributed by atoms with Crippen LogP contribution in [0.2, 0.25) is 0 Å². The third-order valence-corrected chi connectivity index (χ3v) is 2.56. The smallest absolute Gasteiger partial charge is 0.407 e. The van der Waals surface area contributed by atoms with E-state index >= 15 is 0 Å². The zero-order valence-corrected chi connectivity index (χ0v) is 9.41. The van der Waals surface area contributed by atoms with Crippen molar-refractivity contribution in [1.29, 1.82) is 0 Å². The van der Waals surface area contributed by atoms with Gasteiger partial charge in [0.05, 0.1) is 19.3 Å². The summed E-state index contributed by atoms with van der Waals surface area (Å²) < 4.78 is 4.63. The molecule has 1 unspecified atom stereocenters. The molecule has 0 aromatic heterocycles. The van der Waals surface area contributed by atoms with E-state index < -0.39 is 37.1 Å². The predicted molar refractivity (Wildman–Crippen MR) is 57.1 cm³/mol. The molecule has 0 bridgehead atoms. The van der Waals surface area contributed by atoms with Gasteiger partial charge in [-0.1, -0.05) is 6.08 Å². The lowest BCUT2D eigenvalue weighted by atomic mass is 9.88. The number of aliphatic hydroxyl groups is 4. The molecule has 0 aliphatic heterocycles. The zero-order valence-electron chi connectivity index (χ0n) is 9.41. The maximum Gasteiger partial charge on any atom is 0.407 e. The van der Waals surface area contributed by atoms with Gasteiger partial charge >= 0.3 is 6.09 Å². The molecule has 0 aromatic carbocycles. The van der Waals surface area contributed by atoms with Crippen LogP contribution < -0.4 is 5.32 Å². The summed E-state index contributed by atoms with van der Waals surface area (Å²) in [6.45, 7) is 1.34. The first-order chi connectivity index (χ1) is 8.01. The van der Waals surface area contributed by atoms with Crippen LogP contribution in [0, 0.1) is 0 Å². The van der Waals surface area contributed by atoms with Crippen LogP contribution in [-0.2, 0) is 4.74 Å². The monoisotopic (exact) mass is 247 g/mol. The molecule has 1 rings (SSSR count). The first kappa shape index (κ1) is 13.9. The second-order valence-electron chi connectivity index (χ2n) is 3.72. The number of hydrogen-bond donors (Lipinski definition) is 5. The molecule has 1 amide bonds. The van der Waals surface area contributed by atoms with Crippen molar-refractivity contribution in [2.24, 2.45) is 0 Å². The van der Waals surface area contributed by atoms with Crippen LogP contribution in [0.1, 0.15) is 6.92 Å². The number of nitrogens with one attached hydrogen (secondary N) is 1. The quantitative estimate of drug-likeness (QED) is 0.372. The molecule has 0 radical (unpaired) electrons. The summed E-state index contributed by atoms with van der Waals surface area (Å²) in [6.07, 6.45) is -3.60. The van der Waals surface area contributed by atoms with Gasteiger partial charge in [0.1, 0.15) is 18.3 Å². The van der Waals surface area contributed by atoms with E-state index in [0.717, 1.165) is 0 Å². The van der Waals surface area contributed by atoms with Gasteiger partial charge in [-0.2, -0.15) is 0 Å². The van der Waals surface area contributed by atoms with E-state index in [1.807, 2.05) is 0 Å². The largest absolute Gasteiger partial charge is 0.450 e. The minimum Gasteiger partial charge on any atom is -0.450 e. The van der Waals surface area contributed by atoms with Crippen molar-refractivity contribution in [2.45, 2.75) is 31.3 Å². The summed E-state index contributed by atoms with van der Waals surface area (Å²) >= 11 is 0. The molecule has 7 heteroatoms. The number of carbonyl (C=O) groups is 1. The fourth-order valence-electron chi connectivity index (χ4n) is 1.63. The molecular formula is C10H17NO6. The third-order valence-electron chi connectivity index (χ3n) is 2.56. The lowest BCUT2D eigenvalue weighted by molar-refractivity contribution is -0.0636.